The summed E-state index contributed by atoms with van der Waals surface area (Å²) < 4.78 is 36.9. The Morgan fingerprint density at radius 3 is 2.30 bits per heavy atom. The number of hydrogen-bond acceptors (Lipinski definition) is 12. The Morgan fingerprint density at radius 1 is 1.13 bits per heavy atom. The van der Waals surface area contributed by atoms with Gasteiger partial charge in [-0.15, -0.1) is 0 Å². The zero-order chi connectivity index (χ0) is 34.5. The van der Waals surface area contributed by atoms with Crippen molar-refractivity contribution in [2.24, 2.45) is 5.92 Å². The van der Waals surface area contributed by atoms with Gasteiger partial charge in [0.15, 0.2) is 0 Å². The molecule has 16 heteroatoms. The summed E-state index contributed by atoms with van der Waals surface area (Å²) in [6.07, 6.45) is -1.91. The van der Waals surface area contributed by atoms with E-state index in [1.165, 1.54) is 18.2 Å². The molecule has 0 spiro atoms. The van der Waals surface area contributed by atoms with Crippen LogP contribution in [0, 0.1) is 28.6 Å². The minimum atomic E-state index is -5.30. The molecule has 4 atom stereocenters. The van der Waals surface area contributed by atoms with Crippen LogP contribution in [0.25, 0.3) is 0 Å². The van der Waals surface area contributed by atoms with Gasteiger partial charge in [0.25, 0.3) is 0 Å². The molecule has 1 saturated heterocycles. The van der Waals surface area contributed by atoms with Gasteiger partial charge in [-0.05, 0) is 0 Å². The fraction of sp³-hybridized carbons (Fsp3) is 0.500. The van der Waals surface area contributed by atoms with Gasteiger partial charge in [-0.25, -0.2) is 0 Å². The van der Waals surface area contributed by atoms with E-state index >= 15 is 0 Å². The summed E-state index contributed by atoms with van der Waals surface area (Å²) in [5.41, 5.74) is -2.78. The zero-order valence-electron chi connectivity index (χ0n) is 26.5. The second kappa shape index (κ2) is 14.2. The van der Waals surface area contributed by atoms with Gasteiger partial charge in [0.2, 0.25) is 0 Å². The molecule has 0 amide bonds. The van der Waals surface area contributed by atoms with Gasteiger partial charge in [0.05, 0.1) is 0 Å². The molecule has 46 heavy (non-hydrogen) atoms. The first-order chi connectivity index (χ1) is 21.5. The van der Waals surface area contributed by atoms with Gasteiger partial charge in [-0.3, -0.25) is 0 Å². The molecule has 1 aliphatic heterocycles. The Labute approximate surface area is 267 Å². The van der Waals surface area contributed by atoms with E-state index in [9.17, 15) is 39.3 Å². The zero-order valence-corrected chi connectivity index (χ0v) is 28.3. The van der Waals surface area contributed by atoms with Crippen LogP contribution in [-0.4, -0.2) is 62.1 Å². The Morgan fingerprint density at radius 2 is 1.76 bits per heavy atom. The molecular formula is C30H40N4O10P2. The Balaban J connectivity index is 2.25. The minimum absolute atomic E-state index is 0.00587. The topological polar surface area (TPSA) is 203 Å². The molecule has 1 fully saturated rings. The van der Waals surface area contributed by atoms with Gasteiger partial charge in [-0.1, -0.05) is 0 Å². The van der Waals surface area contributed by atoms with E-state index < -0.39 is 67.2 Å². The summed E-state index contributed by atoms with van der Waals surface area (Å²) in [7, 11) is -6.76. The van der Waals surface area contributed by atoms with E-state index in [2.05, 4.69) is 0 Å². The van der Waals surface area contributed by atoms with E-state index in [1.54, 1.807) is 45.9 Å². The van der Waals surface area contributed by atoms with Crippen LogP contribution in [0.5, 0.6) is 0 Å². The first kappa shape index (κ1) is 37.2. The van der Waals surface area contributed by atoms with Gasteiger partial charge in [0, 0.05) is 0 Å². The number of carbonyl (C=O) groups is 1. The van der Waals surface area contributed by atoms with Crippen LogP contribution >= 0.6 is 14.9 Å². The predicted molar refractivity (Wildman–Crippen MR) is 170 cm³/mol. The van der Waals surface area contributed by atoms with E-state index in [0.717, 1.165) is 36.9 Å². The molecule has 0 unspecified atom stereocenters. The molecule has 0 radical (unpaired) electrons. The van der Waals surface area contributed by atoms with Crippen molar-refractivity contribution in [3.8, 4) is 12.1 Å². The maximum absolute atomic E-state index is 13.8. The fourth-order valence-corrected chi connectivity index (χ4v) is 9.37. The monoisotopic (exact) mass is 678 g/mol. The number of nitriles is 2. The molecule has 1 aromatic heterocycles. The maximum atomic E-state index is 13.8. The molecule has 250 valence electrons. The summed E-state index contributed by atoms with van der Waals surface area (Å²) >= 11 is 0. The number of nitrogens with zero attached hydrogens (tertiary/aromatic N) is 4. The Kier molecular flexibility index (Phi) is 11.5. The third-order valence-corrected chi connectivity index (χ3v) is 15.0. The van der Waals surface area contributed by atoms with Gasteiger partial charge < -0.3 is 0 Å². The normalized spacial score (nSPS) is 21.5. The quantitative estimate of drug-likeness (QED) is 0.285. The number of ether oxygens (including phenoxy) is 1. The van der Waals surface area contributed by atoms with Crippen molar-refractivity contribution < 1.29 is 37.5 Å². The van der Waals surface area contributed by atoms with Crippen LogP contribution in [0.4, 0.5) is 0 Å². The van der Waals surface area contributed by atoms with Crippen molar-refractivity contribution in [1.82, 2.24) is 9.13 Å². The van der Waals surface area contributed by atoms with Crippen LogP contribution in [0.2, 0.25) is 0 Å². The van der Waals surface area contributed by atoms with E-state index in [4.69, 9.17) is 18.3 Å². The van der Waals surface area contributed by atoms with E-state index in [0.29, 0.717) is 4.57 Å². The summed E-state index contributed by atoms with van der Waals surface area (Å²) in [6, 6.07) is 12.7. The second-order valence-electron chi connectivity index (χ2n) is 11.8. The van der Waals surface area contributed by atoms with Crippen LogP contribution in [0.1, 0.15) is 63.5 Å². The predicted octanol–water partition coefficient (Wildman–Crippen LogP) is 4.28. The molecular weight excluding hydrogens is 638 g/mol. The summed E-state index contributed by atoms with van der Waals surface area (Å²) in [5, 5.41) is 17.8. The fourth-order valence-electron chi connectivity index (χ4n) is 5.38. The van der Waals surface area contributed by atoms with Gasteiger partial charge in [-0.2, -0.15) is 0 Å². The number of hydrogen-bond donors (Lipinski definition) is 2. The average molecular weight is 679 g/mol. The first-order valence-corrected chi connectivity index (χ1v) is 18.2. The summed E-state index contributed by atoms with van der Waals surface area (Å²) in [4.78, 5) is 64.2. The van der Waals surface area contributed by atoms with Crippen LogP contribution in [0.3, 0.4) is 0 Å². The third-order valence-electron chi connectivity index (χ3n) is 8.46. The van der Waals surface area contributed by atoms with Crippen molar-refractivity contribution in [3.05, 3.63) is 80.9 Å². The SMILES string of the molecule is COP(=O)(/C=C/[C@H]1O[C@@H](n2ccc(=O)n(C(=O)c3ccccc3)c2=O)[C@H](CC#N)[C@@H]1OP(O)(O)(C(C)C)C(C)(C)CCC#N)OC. The van der Waals surface area contributed by atoms with Crippen molar-refractivity contribution in [1.29, 1.82) is 10.5 Å². The number of benzene rings is 1. The van der Waals surface area contributed by atoms with Crippen molar-refractivity contribution in [2.45, 2.75) is 76.2 Å². The number of carbonyl (C=O) groups excluding carboxylic acids is 1. The molecule has 0 saturated carbocycles. The molecule has 3 rings (SSSR count). The first-order valence-electron chi connectivity index (χ1n) is 14.4. The Hall–Kier alpha value is -3.29. The second-order valence-corrected chi connectivity index (χ2v) is 18.3. The molecule has 1 aliphatic rings. The van der Waals surface area contributed by atoms with Crippen LogP contribution in [0.15, 0.2) is 64.1 Å². The van der Waals surface area contributed by atoms with Crippen LogP contribution < -0.4 is 11.2 Å². The Bertz CT molecular complexity index is 1700. The van der Waals surface area contributed by atoms with Crippen molar-refractivity contribution in [3.63, 3.8) is 0 Å². The molecule has 0 aliphatic carbocycles. The van der Waals surface area contributed by atoms with Crippen LogP contribution in [-0.2, 0) is 22.9 Å². The van der Waals surface area contributed by atoms with Gasteiger partial charge in [0.1, 0.15) is 0 Å². The van der Waals surface area contributed by atoms with Gasteiger partial charge >= 0.3 is 267 Å². The van der Waals surface area contributed by atoms with Crippen molar-refractivity contribution >= 4 is 20.8 Å². The molecule has 1 aromatic carbocycles. The standard InChI is InChI=1S/C30H40N4O10P2/c1-21(2)46(39,40,30(3,4)16-10-17-31)44-26-23(13-18-32)28(43-24(26)15-20-45(38,41-5)42-6)33-19-14-25(35)34(29(33)37)27(36)22-11-8-7-9-12-22/h7-9,11-12,14-15,19-21,23-24,26,28,39-40H,10,13,16H2,1-6H3/b20-15+/t23-,24-,26+,28-/m1/s1. The molecule has 2 aromatic rings. The third kappa shape index (κ3) is 7.01. The van der Waals surface area contributed by atoms with E-state index in [1.807, 2.05) is 12.1 Å². The molecule has 2 N–H and O–H groups in total. The summed E-state index contributed by atoms with van der Waals surface area (Å²) in [5.74, 6) is -0.895. The molecule has 2 heterocycles. The molecule has 0 bridgehead atoms. The summed E-state index contributed by atoms with van der Waals surface area (Å²) in [6.45, 7) is 6.25. The number of rotatable bonds is 13. The van der Waals surface area contributed by atoms with Crippen molar-refractivity contribution in [2.75, 3.05) is 14.2 Å². The average Bonchev–Trinajstić information content (AvgIpc) is 3.34. The number of aromatic nitrogens is 2. The van der Waals surface area contributed by atoms with E-state index in [-0.39, 0.29) is 24.8 Å². The molecule has 14 nitrogen and oxygen atoms in total.